The molecule has 1 aliphatic heterocycles. The molecule has 106 valence electrons. The Hall–Kier alpha value is -1.20. The van der Waals surface area contributed by atoms with Crippen molar-refractivity contribution >= 4 is 0 Å². The number of alkyl halides is 2. The fraction of sp³-hybridized carbons (Fsp3) is 0.571. The highest BCUT2D eigenvalue weighted by Gasteiger charge is 2.16. The lowest BCUT2D eigenvalue weighted by Gasteiger charge is -2.24. The van der Waals surface area contributed by atoms with Crippen LogP contribution in [0.5, 0.6) is 5.75 Å². The first-order valence-electron chi connectivity index (χ1n) is 6.63. The highest BCUT2D eigenvalue weighted by Crippen LogP contribution is 2.27. The summed E-state index contributed by atoms with van der Waals surface area (Å²) < 4.78 is 31.6. The summed E-state index contributed by atoms with van der Waals surface area (Å²) in [4.78, 5) is 0. The number of nitrogens with one attached hydrogen (secondary N) is 2. The Morgan fingerprint density at radius 1 is 1.32 bits per heavy atom. The van der Waals surface area contributed by atoms with E-state index in [-0.39, 0.29) is 11.7 Å². The lowest BCUT2D eigenvalue weighted by Crippen LogP contribution is -2.34. The third kappa shape index (κ3) is 4.14. The van der Waals surface area contributed by atoms with Gasteiger partial charge in [-0.2, -0.15) is 0 Å². The summed E-state index contributed by atoms with van der Waals surface area (Å²) in [5.41, 5.74) is 0.848. The molecule has 19 heavy (non-hydrogen) atoms. The van der Waals surface area contributed by atoms with Crippen LogP contribution in [0.25, 0.3) is 0 Å². The first-order valence-corrected chi connectivity index (χ1v) is 6.63. The maximum atomic E-state index is 12.9. The molecule has 0 radical (unpaired) electrons. The molecular weight excluding hydrogens is 250 g/mol. The second kappa shape index (κ2) is 6.82. The van der Waals surface area contributed by atoms with Crippen LogP contribution in [0.2, 0.25) is 0 Å². The summed E-state index contributed by atoms with van der Waals surface area (Å²) in [6.45, 7) is 2.40. The average molecular weight is 270 g/mol. The van der Waals surface area contributed by atoms with Gasteiger partial charge in [-0.05, 0) is 56.7 Å². The van der Waals surface area contributed by atoms with Crippen LogP contribution in [-0.4, -0.2) is 26.2 Å². The highest BCUT2D eigenvalue weighted by molar-refractivity contribution is 5.35. The summed E-state index contributed by atoms with van der Waals surface area (Å²) in [5, 5.41) is 6.22. The maximum absolute atomic E-state index is 12.9. The summed E-state index contributed by atoms with van der Waals surface area (Å²) >= 11 is 0. The van der Waals surface area contributed by atoms with E-state index < -0.39 is 6.43 Å². The molecule has 1 fully saturated rings. The van der Waals surface area contributed by atoms with Crippen molar-refractivity contribution in [3.05, 3.63) is 29.3 Å². The van der Waals surface area contributed by atoms with Gasteiger partial charge in [-0.1, -0.05) is 0 Å². The number of halogens is 2. The minimum Gasteiger partial charge on any atom is -0.490 e. The van der Waals surface area contributed by atoms with Crippen LogP contribution in [0, 0.1) is 0 Å². The molecule has 1 aliphatic rings. The van der Waals surface area contributed by atoms with Gasteiger partial charge in [0.1, 0.15) is 11.9 Å². The SMILES string of the molecule is CNCc1cc(OC2CCNCC2)cc(C(F)F)c1. The van der Waals surface area contributed by atoms with Crippen molar-refractivity contribution in [2.45, 2.75) is 31.9 Å². The van der Waals surface area contributed by atoms with Gasteiger partial charge in [0, 0.05) is 12.1 Å². The highest BCUT2D eigenvalue weighted by atomic mass is 19.3. The van der Waals surface area contributed by atoms with Gasteiger partial charge in [0.25, 0.3) is 6.43 Å². The zero-order valence-electron chi connectivity index (χ0n) is 11.1. The van der Waals surface area contributed by atoms with Crippen molar-refractivity contribution in [1.29, 1.82) is 0 Å². The lowest BCUT2D eigenvalue weighted by molar-refractivity contribution is 0.146. The third-order valence-corrected chi connectivity index (χ3v) is 3.21. The van der Waals surface area contributed by atoms with E-state index in [2.05, 4.69) is 10.6 Å². The largest absolute Gasteiger partial charge is 0.490 e. The molecule has 1 aromatic rings. The standard InChI is InChI=1S/C14H20F2N2O/c1-17-9-10-6-11(14(15)16)8-13(7-10)19-12-2-4-18-5-3-12/h6-8,12,14,17-18H,2-5,9H2,1H3. The number of rotatable bonds is 5. The van der Waals surface area contributed by atoms with Crippen LogP contribution in [-0.2, 0) is 6.54 Å². The molecule has 2 N–H and O–H groups in total. The fourth-order valence-corrected chi connectivity index (χ4v) is 2.29. The van der Waals surface area contributed by atoms with Crippen molar-refractivity contribution < 1.29 is 13.5 Å². The maximum Gasteiger partial charge on any atom is 0.263 e. The zero-order valence-corrected chi connectivity index (χ0v) is 11.1. The molecule has 2 rings (SSSR count). The Kier molecular flexibility index (Phi) is 5.10. The Balaban J connectivity index is 2.12. The number of hydrogen-bond donors (Lipinski definition) is 2. The van der Waals surface area contributed by atoms with Crippen molar-refractivity contribution in [2.75, 3.05) is 20.1 Å². The molecule has 5 heteroatoms. The minimum atomic E-state index is -2.47. The first kappa shape index (κ1) is 14.2. The summed E-state index contributed by atoms with van der Waals surface area (Å²) in [5.74, 6) is 0.551. The molecule has 0 aliphatic carbocycles. The molecule has 1 heterocycles. The topological polar surface area (TPSA) is 33.3 Å². The van der Waals surface area contributed by atoms with Crippen molar-refractivity contribution in [2.24, 2.45) is 0 Å². The molecule has 3 nitrogen and oxygen atoms in total. The molecule has 0 unspecified atom stereocenters. The van der Waals surface area contributed by atoms with Gasteiger partial charge in [0.15, 0.2) is 0 Å². The number of piperidine rings is 1. The Morgan fingerprint density at radius 3 is 2.68 bits per heavy atom. The molecule has 0 atom stereocenters. The quantitative estimate of drug-likeness (QED) is 0.862. The minimum absolute atomic E-state index is 0.0247. The predicted octanol–water partition coefficient (Wildman–Crippen LogP) is 2.47. The van der Waals surface area contributed by atoms with Crippen molar-refractivity contribution in [3.8, 4) is 5.75 Å². The van der Waals surface area contributed by atoms with Gasteiger partial charge < -0.3 is 15.4 Å². The van der Waals surface area contributed by atoms with Crippen LogP contribution < -0.4 is 15.4 Å². The van der Waals surface area contributed by atoms with Gasteiger partial charge in [-0.25, -0.2) is 8.78 Å². The molecule has 0 amide bonds. The molecular formula is C14H20F2N2O. The van der Waals surface area contributed by atoms with E-state index in [0.29, 0.717) is 12.3 Å². The Morgan fingerprint density at radius 2 is 2.05 bits per heavy atom. The normalized spacial score (nSPS) is 16.8. The summed E-state index contributed by atoms with van der Waals surface area (Å²) in [6, 6.07) is 4.81. The molecule has 0 spiro atoms. The van der Waals surface area contributed by atoms with Gasteiger partial charge in [0.05, 0.1) is 0 Å². The van der Waals surface area contributed by atoms with E-state index in [1.165, 1.54) is 12.1 Å². The van der Waals surface area contributed by atoms with Crippen LogP contribution in [0.4, 0.5) is 8.78 Å². The molecule has 0 bridgehead atoms. The van der Waals surface area contributed by atoms with Crippen LogP contribution in [0.3, 0.4) is 0 Å². The molecule has 0 aromatic heterocycles. The van der Waals surface area contributed by atoms with E-state index >= 15 is 0 Å². The molecule has 1 saturated heterocycles. The fourth-order valence-electron chi connectivity index (χ4n) is 2.29. The molecule has 1 aromatic carbocycles. The van der Waals surface area contributed by atoms with Gasteiger partial charge in [0.2, 0.25) is 0 Å². The molecule has 0 saturated carbocycles. The first-order chi connectivity index (χ1) is 9.19. The summed E-state index contributed by atoms with van der Waals surface area (Å²) in [6.07, 6.45) is -0.510. The second-order valence-electron chi connectivity index (χ2n) is 4.81. The number of ether oxygens (including phenoxy) is 1. The second-order valence-corrected chi connectivity index (χ2v) is 4.81. The van der Waals surface area contributed by atoms with Crippen LogP contribution in [0.15, 0.2) is 18.2 Å². The van der Waals surface area contributed by atoms with E-state index in [1.54, 1.807) is 7.05 Å². The van der Waals surface area contributed by atoms with Crippen LogP contribution >= 0.6 is 0 Å². The monoisotopic (exact) mass is 270 g/mol. The average Bonchev–Trinajstić information content (AvgIpc) is 2.40. The van der Waals surface area contributed by atoms with Gasteiger partial charge in [-0.15, -0.1) is 0 Å². The smallest absolute Gasteiger partial charge is 0.263 e. The van der Waals surface area contributed by atoms with Gasteiger partial charge in [-0.3, -0.25) is 0 Å². The number of hydrogen-bond acceptors (Lipinski definition) is 3. The van der Waals surface area contributed by atoms with E-state index in [0.717, 1.165) is 31.5 Å². The Bertz CT molecular complexity index is 406. The number of benzene rings is 1. The van der Waals surface area contributed by atoms with Crippen molar-refractivity contribution in [1.82, 2.24) is 10.6 Å². The van der Waals surface area contributed by atoms with E-state index in [4.69, 9.17) is 4.74 Å². The lowest BCUT2D eigenvalue weighted by atomic mass is 10.1. The van der Waals surface area contributed by atoms with Crippen molar-refractivity contribution in [3.63, 3.8) is 0 Å². The third-order valence-electron chi connectivity index (χ3n) is 3.21. The van der Waals surface area contributed by atoms with Gasteiger partial charge >= 0.3 is 0 Å². The summed E-state index contributed by atoms with van der Waals surface area (Å²) in [7, 11) is 1.79. The van der Waals surface area contributed by atoms with E-state index in [1.807, 2.05) is 6.07 Å². The predicted molar refractivity (Wildman–Crippen MR) is 70.7 cm³/mol. The van der Waals surface area contributed by atoms with E-state index in [9.17, 15) is 8.78 Å². The Labute approximate surface area is 112 Å². The zero-order chi connectivity index (χ0) is 13.7. The van der Waals surface area contributed by atoms with Crippen LogP contribution in [0.1, 0.15) is 30.4 Å².